The number of amides is 1. The first-order valence-corrected chi connectivity index (χ1v) is 8.30. The first kappa shape index (κ1) is 16.0. The number of rotatable bonds is 5. The van der Waals surface area contributed by atoms with Crippen molar-refractivity contribution in [1.82, 2.24) is 0 Å². The van der Waals surface area contributed by atoms with Gasteiger partial charge < -0.3 is 10.6 Å². The average Bonchev–Trinajstić information content (AvgIpc) is 2.78. The highest BCUT2D eigenvalue weighted by Crippen LogP contribution is 2.27. The second-order valence-corrected chi connectivity index (χ2v) is 6.16. The Morgan fingerprint density at radius 3 is 2.33 bits per heavy atom. The third-order valence-corrected chi connectivity index (χ3v) is 4.40. The minimum absolute atomic E-state index is 0.201. The van der Waals surface area contributed by atoms with Crippen molar-refractivity contribution in [3.63, 3.8) is 0 Å². The largest absolute Gasteiger partial charge is 0.330 e. The number of benzene rings is 1. The highest BCUT2D eigenvalue weighted by atomic mass is 16.2. The fourth-order valence-corrected chi connectivity index (χ4v) is 3.09. The number of nitrogens with zero attached hydrogens (tertiary/aromatic N) is 1. The third-order valence-electron chi connectivity index (χ3n) is 4.40. The van der Waals surface area contributed by atoms with E-state index in [1.807, 2.05) is 4.90 Å². The Hall–Kier alpha value is -1.35. The summed E-state index contributed by atoms with van der Waals surface area (Å²) in [5, 5.41) is 0. The normalized spacial score (nSPS) is 16.5. The van der Waals surface area contributed by atoms with Gasteiger partial charge in [0, 0.05) is 18.2 Å². The zero-order chi connectivity index (χ0) is 15.1. The van der Waals surface area contributed by atoms with E-state index in [1.165, 1.54) is 31.2 Å². The molecule has 0 heterocycles. The minimum atomic E-state index is 0.201. The zero-order valence-corrected chi connectivity index (χ0v) is 13.2. The van der Waals surface area contributed by atoms with E-state index in [0.29, 0.717) is 12.5 Å². The SMILES string of the molecule is Cc1ccc(N(CCCN)C(=O)C2CCCCCC2)cc1. The molecule has 1 fully saturated rings. The summed E-state index contributed by atoms with van der Waals surface area (Å²) in [5.74, 6) is 0.501. The quantitative estimate of drug-likeness (QED) is 0.841. The van der Waals surface area contributed by atoms with Crippen LogP contribution in [-0.2, 0) is 4.79 Å². The molecule has 1 aromatic carbocycles. The Kier molecular flexibility index (Phi) is 6.24. The van der Waals surface area contributed by atoms with Crippen LogP contribution in [0.2, 0.25) is 0 Å². The summed E-state index contributed by atoms with van der Waals surface area (Å²) in [4.78, 5) is 14.9. The van der Waals surface area contributed by atoms with Crippen LogP contribution < -0.4 is 10.6 Å². The van der Waals surface area contributed by atoms with Gasteiger partial charge in [-0.15, -0.1) is 0 Å². The van der Waals surface area contributed by atoms with Gasteiger partial charge in [-0.05, 0) is 44.9 Å². The van der Waals surface area contributed by atoms with Crippen molar-refractivity contribution < 1.29 is 4.79 Å². The van der Waals surface area contributed by atoms with Crippen molar-refractivity contribution in [2.24, 2.45) is 11.7 Å². The van der Waals surface area contributed by atoms with Crippen molar-refractivity contribution >= 4 is 11.6 Å². The lowest BCUT2D eigenvalue weighted by molar-refractivity contribution is -0.122. The second-order valence-electron chi connectivity index (χ2n) is 6.16. The Morgan fingerprint density at radius 1 is 1.14 bits per heavy atom. The van der Waals surface area contributed by atoms with E-state index in [1.54, 1.807) is 0 Å². The molecule has 1 aromatic rings. The molecule has 0 saturated heterocycles. The molecule has 116 valence electrons. The lowest BCUT2D eigenvalue weighted by Gasteiger charge is -2.27. The summed E-state index contributed by atoms with van der Waals surface area (Å²) in [6.45, 7) is 3.43. The molecule has 0 atom stereocenters. The summed E-state index contributed by atoms with van der Waals surface area (Å²) >= 11 is 0. The summed E-state index contributed by atoms with van der Waals surface area (Å²) in [6, 6.07) is 8.26. The predicted octanol–water partition coefficient (Wildman–Crippen LogP) is 3.65. The van der Waals surface area contributed by atoms with Crippen LogP contribution in [0.3, 0.4) is 0 Å². The van der Waals surface area contributed by atoms with E-state index in [2.05, 4.69) is 31.2 Å². The Balaban J connectivity index is 2.13. The second kappa shape index (κ2) is 8.18. The molecular formula is C18H28N2O. The standard InChI is InChI=1S/C18H28N2O/c1-15-9-11-17(12-10-15)20(14-6-13-19)18(21)16-7-4-2-3-5-8-16/h9-12,16H,2-8,13-14,19H2,1H3. The molecule has 0 spiro atoms. The average molecular weight is 288 g/mol. The van der Waals surface area contributed by atoms with Gasteiger partial charge in [0.25, 0.3) is 0 Å². The number of hydrogen-bond acceptors (Lipinski definition) is 2. The van der Waals surface area contributed by atoms with Crippen molar-refractivity contribution in [3.05, 3.63) is 29.8 Å². The van der Waals surface area contributed by atoms with Crippen LogP contribution in [0.5, 0.6) is 0 Å². The molecule has 1 saturated carbocycles. The van der Waals surface area contributed by atoms with E-state index in [-0.39, 0.29) is 5.92 Å². The van der Waals surface area contributed by atoms with Crippen LogP contribution in [-0.4, -0.2) is 19.0 Å². The van der Waals surface area contributed by atoms with Crippen LogP contribution in [0.25, 0.3) is 0 Å². The van der Waals surface area contributed by atoms with Gasteiger partial charge in [-0.1, -0.05) is 43.4 Å². The minimum Gasteiger partial charge on any atom is -0.330 e. The van der Waals surface area contributed by atoms with Gasteiger partial charge >= 0.3 is 0 Å². The Labute approximate surface area is 128 Å². The lowest BCUT2D eigenvalue weighted by Crippen LogP contribution is -2.37. The van der Waals surface area contributed by atoms with Crippen molar-refractivity contribution in [3.8, 4) is 0 Å². The molecule has 1 amide bonds. The molecule has 0 bridgehead atoms. The molecule has 3 heteroatoms. The third kappa shape index (κ3) is 4.57. The molecule has 21 heavy (non-hydrogen) atoms. The van der Waals surface area contributed by atoms with Crippen LogP contribution in [0, 0.1) is 12.8 Å². The highest BCUT2D eigenvalue weighted by Gasteiger charge is 2.25. The van der Waals surface area contributed by atoms with E-state index >= 15 is 0 Å². The lowest BCUT2D eigenvalue weighted by atomic mass is 9.98. The zero-order valence-electron chi connectivity index (χ0n) is 13.2. The molecule has 0 aliphatic heterocycles. The van der Waals surface area contributed by atoms with Crippen LogP contribution in [0.4, 0.5) is 5.69 Å². The van der Waals surface area contributed by atoms with E-state index < -0.39 is 0 Å². The fraction of sp³-hybridized carbons (Fsp3) is 0.611. The molecular weight excluding hydrogens is 260 g/mol. The smallest absolute Gasteiger partial charge is 0.230 e. The van der Waals surface area contributed by atoms with Gasteiger partial charge in [0.05, 0.1) is 0 Å². The Bertz CT molecular complexity index is 433. The number of anilines is 1. The topological polar surface area (TPSA) is 46.3 Å². The molecule has 2 rings (SSSR count). The maximum atomic E-state index is 12.9. The van der Waals surface area contributed by atoms with Gasteiger partial charge in [0.15, 0.2) is 0 Å². The summed E-state index contributed by atoms with van der Waals surface area (Å²) < 4.78 is 0. The van der Waals surface area contributed by atoms with Crippen molar-refractivity contribution in [2.75, 3.05) is 18.0 Å². The number of aryl methyl sites for hydroxylation is 1. The molecule has 2 N–H and O–H groups in total. The van der Waals surface area contributed by atoms with E-state index in [9.17, 15) is 4.79 Å². The highest BCUT2D eigenvalue weighted by molar-refractivity contribution is 5.95. The van der Waals surface area contributed by atoms with Crippen molar-refractivity contribution in [1.29, 1.82) is 0 Å². The van der Waals surface area contributed by atoms with Crippen LogP contribution in [0.15, 0.2) is 24.3 Å². The summed E-state index contributed by atoms with van der Waals surface area (Å²) in [6.07, 6.45) is 7.87. The predicted molar refractivity (Wildman–Crippen MR) is 88.4 cm³/mol. The molecule has 0 radical (unpaired) electrons. The number of hydrogen-bond donors (Lipinski definition) is 1. The van der Waals surface area contributed by atoms with Gasteiger partial charge in [0.1, 0.15) is 0 Å². The molecule has 1 aliphatic carbocycles. The number of nitrogens with two attached hydrogens (primary N) is 1. The fourth-order valence-electron chi connectivity index (χ4n) is 3.09. The maximum absolute atomic E-state index is 12.9. The summed E-state index contributed by atoms with van der Waals surface area (Å²) in [7, 11) is 0. The molecule has 0 aromatic heterocycles. The molecule has 3 nitrogen and oxygen atoms in total. The van der Waals surface area contributed by atoms with Gasteiger partial charge in [-0.2, -0.15) is 0 Å². The van der Waals surface area contributed by atoms with E-state index in [0.717, 1.165) is 31.5 Å². The van der Waals surface area contributed by atoms with Gasteiger partial charge in [-0.3, -0.25) is 4.79 Å². The van der Waals surface area contributed by atoms with Crippen molar-refractivity contribution in [2.45, 2.75) is 51.9 Å². The first-order chi connectivity index (χ1) is 10.2. The molecule has 0 unspecified atom stereocenters. The van der Waals surface area contributed by atoms with Gasteiger partial charge in [-0.25, -0.2) is 0 Å². The van der Waals surface area contributed by atoms with Crippen LogP contribution in [0.1, 0.15) is 50.5 Å². The monoisotopic (exact) mass is 288 g/mol. The van der Waals surface area contributed by atoms with Crippen LogP contribution >= 0.6 is 0 Å². The number of carbonyl (C=O) groups is 1. The molecule has 1 aliphatic rings. The Morgan fingerprint density at radius 2 is 1.76 bits per heavy atom. The first-order valence-electron chi connectivity index (χ1n) is 8.30. The van der Waals surface area contributed by atoms with Gasteiger partial charge in [0.2, 0.25) is 5.91 Å². The number of carbonyl (C=O) groups excluding carboxylic acids is 1. The van der Waals surface area contributed by atoms with E-state index in [4.69, 9.17) is 5.73 Å². The summed E-state index contributed by atoms with van der Waals surface area (Å²) in [5.41, 5.74) is 7.88. The maximum Gasteiger partial charge on any atom is 0.230 e.